The Morgan fingerprint density at radius 1 is 0.971 bits per heavy atom. The number of carbonyl (C=O) groups excluding carboxylic acids is 1. The predicted octanol–water partition coefficient (Wildman–Crippen LogP) is 7.35. The van der Waals surface area contributed by atoms with Crippen LogP contribution in [0.4, 0.5) is 4.79 Å². The van der Waals surface area contributed by atoms with Gasteiger partial charge in [0, 0.05) is 23.8 Å². The van der Waals surface area contributed by atoms with Gasteiger partial charge in [-0.05, 0) is 69.6 Å². The summed E-state index contributed by atoms with van der Waals surface area (Å²) in [6.45, 7) is 0. The summed E-state index contributed by atoms with van der Waals surface area (Å²) in [5.74, 6) is 0.555. The van der Waals surface area contributed by atoms with Crippen molar-refractivity contribution in [2.75, 3.05) is 0 Å². The third kappa shape index (κ3) is 4.38. The number of thioether (sulfide) groups is 1. The van der Waals surface area contributed by atoms with Gasteiger partial charge in [-0.1, -0.05) is 66.2 Å². The van der Waals surface area contributed by atoms with E-state index in [0.717, 1.165) is 44.5 Å². The van der Waals surface area contributed by atoms with Crippen LogP contribution in [-0.2, 0) is 0 Å². The number of hydrogen-bond acceptors (Lipinski definition) is 5. The molecule has 1 unspecified atom stereocenters. The highest BCUT2D eigenvalue weighted by Gasteiger charge is 2.36. The summed E-state index contributed by atoms with van der Waals surface area (Å²) >= 11 is 7.28. The summed E-state index contributed by atoms with van der Waals surface area (Å²) in [6, 6.07) is 26.2. The molecular weight excluding hydrogens is 476 g/mol. The van der Waals surface area contributed by atoms with Crippen molar-refractivity contribution in [2.24, 2.45) is 10.1 Å². The monoisotopic (exact) mass is 494 g/mol. The molecule has 1 aromatic heterocycles. The van der Waals surface area contributed by atoms with Crippen molar-refractivity contribution in [3.8, 4) is 0 Å². The highest BCUT2D eigenvalue weighted by Crippen LogP contribution is 2.40. The Bertz CT molecular complexity index is 1530. The summed E-state index contributed by atoms with van der Waals surface area (Å²) in [5.41, 5.74) is 3.96. The molecule has 0 aliphatic carbocycles. The molecule has 0 N–H and O–H groups in total. The lowest BCUT2D eigenvalue weighted by Gasteiger charge is -2.24. The molecule has 2 aliphatic heterocycles. The highest BCUT2D eigenvalue weighted by molar-refractivity contribution is 8.18. The van der Waals surface area contributed by atoms with Gasteiger partial charge in [-0.3, -0.25) is 9.78 Å². The summed E-state index contributed by atoms with van der Waals surface area (Å²) in [6.07, 6.45) is 6.10. The number of amides is 1. The van der Waals surface area contributed by atoms with Crippen molar-refractivity contribution in [3.05, 3.63) is 118 Å². The van der Waals surface area contributed by atoms with E-state index in [1.54, 1.807) is 12.4 Å². The molecule has 0 saturated heterocycles. The minimum absolute atomic E-state index is 0.115. The summed E-state index contributed by atoms with van der Waals surface area (Å²) in [7, 11) is 0. The number of halogens is 1. The standard InChI is InChI=1S/C28H19ClN4OS/c29-23-11-9-20(10-12-23)25-16-24(22-8-7-19-5-1-2-6-21(19)15-22)32-33(25)27-26(35-28(34)31-27)14-18-4-3-13-30-17-18/h1-15,17,25H,16H2/b26-14-. The maximum Gasteiger partial charge on any atom is 0.311 e. The van der Waals surface area contributed by atoms with Crippen LogP contribution in [0.3, 0.4) is 0 Å². The van der Waals surface area contributed by atoms with Crippen LogP contribution in [0.5, 0.6) is 0 Å². The Morgan fingerprint density at radius 2 is 1.80 bits per heavy atom. The van der Waals surface area contributed by atoms with Crippen LogP contribution in [0.2, 0.25) is 5.02 Å². The Morgan fingerprint density at radius 3 is 2.60 bits per heavy atom. The van der Waals surface area contributed by atoms with E-state index in [1.807, 2.05) is 59.6 Å². The van der Waals surface area contributed by atoms with Gasteiger partial charge in [0.15, 0.2) is 5.84 Å². The van der Waals surface area contributed by atoms with Crippen LogP contribution >= 0.6 is 23.4 Å². The predicted molar refractivity (Wildman–Crippen MR) is 144 cm³/mol. The quantitative estimate of drug-likeness (QED) is 0.299. The molecule has 0 bridgehead atoms. The first-order valence-corrected chi connectivity index (χ1v) is 12.4. The second-order valence-electron chi connectivity index (χ2n) is 8.32. The molecule has 0 spiro atoms. The number of benzene rings is 3. The minimum Gasteiger partial charge on any atom is -0.264 e. The first kappa shape index (κ1) is 21.8. The third-order valence-electron chi connectivity index (χ3n) is 6.06. The maximum atomic E-state index is 12.4. The van der Waals surface area contributed by atoms with E-state index in [2.05, 4.69) is 40.3 Å². The zero-order valence-electron chi connectivity index (χ0n) is 18.5. The average molecular weight is 495 g/mol. The molecule has 6 rings (SSSR count). The van der Waals surface area contributed by atoms with E-state index in [9.17, 15) is 4.79 Å². The summed E-state index contributed by atoms with van der Waals surface area (Å²) < 4.78 is 0. The molecule has 3 aromatic carbocycles. The normalized spacial score (nSPS) is 18.9. The van der Waals surface area contributed by atoms with E-state index >= 15 is 0 Å². The number of pyridine rings is 1. The highest BCUT2D eigenvalue weighted by atomic mass is 35.5. The number of aliphatic imine (C=N–C) groups is 1. The lowest BCUT2D eigenvalue weighted by atomic mass is 9.97. The first-order valence-electron chi connectivity index (χ1n) is 11.2. The zero-order valence-corrected chi connectivity index (χ0v) is 20.1. The number of hydrazone groups is 1. The number of rotatable bonds is 3. The fourth-order valence-electron chi connectivity index (χ4n) is 4.37. The average Bonchev–Trinajstić information content (AvgIpc) is 3.48. The SMILES string of the molecule is O=C1N=C(N2N=C(c3ccc4ccccc4c3)CC2c2ccc(Cl)cc2)/C(=C/c2cccnc2)S1. The Hall–Kier alpha value is -3.74. The lowest BCUT2D eigenvalue weighted by molar-refractivity contribution is 0.267. The van der Waals surface area contributed by atoms with Gasteiger partial charge < -0.3 is 0 Å². The molecule has 4 aromatic rings. The molecule has 0 radical (unpaired) electrons. The lowest BCUT2D eigenvalue weighted by Crippen LogP contribution is -2.26. The molecule has 2 aliphatic rings. The van der Waals surface area contributed by atoms with Crippen LogP contribution in [0, 0.1) is 0 Å². The van der Waals surface area contributed by atoms with Crippen molar-refractivity contribution in [3.63, 3.8) is 0 Å². The van der Waals surface area contributed by atoms with Crippen molar-refractivity contribution >= 4 is 57.0 Å². The Balaban J connectivity index is 1.44. The number of hydrogen-bond donors (Lipinski definition) is 0. The molecule has 7 heteroatoms. The maximum absolute atomic E-state index is 12.4. The van der Waals surface area contributed by atoms with Crippen molar-refractivity contribution in [1.29, 1.82) is 0 Å². The molecular formula is C28H19ClN4OS. The number of aromatic nitrogens is 1. The molecule has 1 atom stereocenters. The second-order valence-corrected chi connectivity index (χ2v) is 9.75. The molecule has 170 valence electrons. The van der Waals surface area contributed by atoms with Gasteiger partial charge in [-0.15, -0.1) is 0 Å². The summed E-state index contributed by atoms with van der Waals surface area (Å²) in [5, 5.41) is 9.67. The van der Waals surface area contributed by atoms with E-state index in [-0.39, 0.29) is 11.3 Å². The van der Waals surface area contributed by atoms with Crippen LogP contribution in [0.1, 0.15) is 29.2 Å². The van der Waals surface area contributed by atoms with Gasteiger partial charge in [0.05, 0.1) is 16.7 Å². The number of fused-ring (bicyclic) bond motifs is 1. The first-order chi connectivity index (χ1) is 17.1. The third-order valence-corrected chi connectivity index (χ3v) is 7.10. The van der Waals surface area contributed by atoms with Gasteiger partial charge in [0.1, 0.15) is 0 Å². The van der Waals surface area contributed by atoms with Crippen molar-refractivity contribution < 1.29 is 4.79 Å². The van der Waals surface area contributed by atoms with Crippen molar-refractivity contribution in [1.82, 2.24) is 9.99 Å². The smallest absolute Gasteiger partial charge is 0.264 e. The molecule has 1 amide bonds. The number of nitrogens with zero attached hydrogens (tertiary/aromatic N) is 4. The zero-order chi connectivity index (χ0) is 23.8. The van der Waals surface area contributed by atoms with Crippen LogP contribution in [0.15, 0.2) is 106 Å². The molecule has 0 fully saturated rings. The number of amidine groups is 1. The summed E-state index contributed by atoms with van der Waals surface area (Å²) in [4.78, 5) is 21.7. The molecule has 5 nitrogen and oxygen atoms in total. The minimum atomic E-state index is -0.251. The van der Waals surface area contributed by atoms with E-state index in [1.165, 1.54) is 5.39 Å². The van der Waals surface area contributed by atoms with Gasteiger partial charge >= 0.3 is 5.24 Å². The molecule has 0 saturated carbocycles. The number of carbonyl (C=O) groups is 1. The Kier molecular flexibility index (Phi) is 5.68. The largest absolute Gasteiger partial charge is 0.311 e. The molecule has 35 heavy (non-hydrogen) atoms. The fraction of sp³-hybridized carbons (Fsp3) is 0.0714. The van der Waals surface area contributed by atoms with Crippen LogP contribution < -0.4 is 0 Å². The topological polar surface area (TPSA) is 57.9 Å². The van der Waals surface area contributed by atoms with Crippen LogP contribution in [0.25, 0.3) is 16.8 Å². The fourth-order valence-corrected chi connectivity index (χ4v) is 5.24. The van der Waals surface area contributed by atoms with Gasteiger partial charge in [0.2, 0.25) is 0 Å². The van der Waals surface area contributed by atoms with Crippen LogP contribution in [-0.4, -0.2) is 26.8 Å². The van der Waals surface area contributed by atoms with Crippen molar-refractivity contribution in [2.45, 2.75) is 12.5 Å². The van der Waals surface area contributed by atoms with E-state index < -0.39 is 0 Å². The van der Waals surface area contributed by atoms with Gasteiger partial charge in [-0.25, -0.2) is 5.01 Å². The Labute approximate surface area is 211 Å². The molecule has 3 heterocycles. The second kappa shape index (κ2) is 9.13. The van der Waals surface area contributed by atoms with Gasteiger partial charge in [-0.2, -0.15) is 10.1 Å². The van der Waals surface area contributed by atoms with Gasteiger partial charge in [0.25, 0.3) is 0 Å². The van der Waals surface area contributed by atoms with E-state index in [0.29, 0.717) is 17.3 Å². The van der Waals surface area contributed by atoms with E-state index in [4.69, 9.17) is 16.7 Å².